The van der Waals surface area contributed by atoms with Crippen molar-refractivity contribution in [2.24, 2.45) is 5.92 Å². The van der Waals surface area contributed by atoms with Crippen molar-refractivity contribution < 1.29 is 22.7 Å². The number of carbonyl (C=O) groups excluding carboxylic acids is 1. The Hall–Kier alpha value is -0.820. The largest absolute Gasteiger partial charge is 0.452 e. The Bertz CT molecular complexity index is 272. The maximum Gasteiger partial charge on any atom is 0.393 e. The van der Waals surface area contributed by atoms with E-state index in [9.17, 15) is 18.0 Å². The normalized spacial score (nSPS) is 24.8. The van der Waals surface area contributed by atoms with Crippen LogP contribution in [0.4, 0.5) is 13.2 Å². The van der Waals surface area contributed by atoms with Gasteiger partial charge >= 0.3 is 6.18 Å². The molecule has 18 heavy (non-hydrogen) atoms. The number of hydrogen-bond acceptors (Lipinski definition) is 4. The number of rotatable bonds is 6. The number of alkyl halides is 3. The molecule has 1 rings (SSSR count). The fourth-order valence-electron chi connectivity index (χ4n) is 2.14. The first-order chi connectivity index (χ1) is 8.36. The Morgan fingerprint density at radius 1 is 1.50 bits per heavy atom. The fourth-order valence-corrected chi connectivity index (χ4v) is 2.14. The third-order valence-electron chi connectivity index (χ3n) is 3.24. The number of hydrogen-bond donors (Lipinski definition) is 1. The van der Waals surface area contributed by atoms with Crippen molar-refractivity contribution >= 4 is 6.47 Å². The second kappa shape index (κ2) is 6.38. The lowest BCUT2D eigenvalue weighted by Gasteiger charge is -2.31. The van der Waals surface area contributed by atoms with Crippen LogP contribution in [0.25, 0.3) is 0 Å². The van der Waals surface area contributed by atoms with E-state index in [1.165, 1.54) is 0 Å². The molecule has 0 aromatic rings. The van der Waals surface area contributed by atoms with Crippen molar-refractivity contribution in [3.63, 3.8) is 0 Å². The molecule has 0 radical (unpaired) electrons. The first kappa shape index (κ1) is 15.2. The van der Waals surface area contributed by atoms with E-state index >= 15 is 0 Å². The van der Waals surface area contributed by atoms with Crippen LogP contribution >= 0.6 is 0 Å². The van der Waals surface area contributed by atoms with Crippen molar-refractivity contribution in [2.75, 3.05) is 19.8 Å². The van der Waals surface area contributed by atoms with Gasteiger partial charge in [-0.2, -0.15) is 13.2 Å². The zero-order valence-electron chi connectivity index (χ0n) is 10.5. The molecule has 2 atom stereocenters. The van der Waals surface area contributed by atoms with Crippen molar-refractivity contribution in [1.29, 1.82) is 0 Å². The molecule has 1 aliphatic heterocycles. The topological polar surface area (TPSA) is 41.6 Å². The van der Waals surface area contributed by atoms with Gasteiger partial charge in [0.2, 0.25) is 0 Å². The Kier molecular flexibility index (Phi) is 5.40. The Morgan fingerprint density at radius 2 is 2.17 bits per heavy atom. The first-order valence-corrected chi connectivity index (χ1v) is 5.95. The summed E-state index contributed by atoms with van der Waals surface area (Å²) in [7, 11) is 0. The van der Waals surface area contributed by atoms with E-state index in [-0.39, 0.29) is 25.7 Å². The van der Waals surface area contributed by atoms with E-state index in [1.807, 2.05) is 13.8 Å². The highest BCUT2D eigenvalue weighted by Gasteiger charge is 2.47. The maximum absolute atomic E-state index is 12.8. The second-order valence-corrected chi connectivity index (χ2v) is 4.75. The van der Waals surface area contributed by atoms with Crippen LogP contribution in [0.15, 0.2) is 0 Å². The van der Waals surface area contributed by atoms with Crippen LogP contribution in [-0.2, 0) is 9.53 Å². The summed E-state index contributed by atoms with van der Waals surface area (Å²) in [6.07, 6.45) is -4.07. The lowest BCUT2D eigenvalue weighted by molar-refractivity contribution is -0.178. The molecule has 0 spiro atoms. The number of nitrogens with zero attached hydrogens (tertiary/aromatic N) is 1. The van der Waals surface area contributed by atoms with Crippen LogP contribution in [0.3, 0.4) is 0 Å². The molecule has 0 saturated carbocycles. The van der Waals surface area contributed by atoms with Crippen LogP contribution in [-0.4, -0.2) is 49.5 Å². The number of nitrogens with one attached hydrogen (secondary N) is 1. The molecule has 0 amide bonds. The van der Waals surface area contributed by atoms with E-state index in [4.69, 9.17) is 0 Å². The van der Waals surface area contributed by atoms with Gasteiger partial charge in [0, 0.05) is 18.6 Å². The van der Waals surface area contributed by atoms with Crippen molar-refractivity contribution in [2.45, 2.75) is 38.5 Å². The molecule has 1 aliphatic rings. The van der Waals surface area contributed by atoms with Crippen LogP contribution in [0, 0.1) is 5.92 Å². The fraction of sp³-hybridized carbons (Fsp3) is 0.909. The summed E-state index contributed by atoms with van der Waals surface area (Å²) in [5.74, 6) is -1.32. The average molecular weight is 268 g/mol. The second-order valence-electron chi connectivity index (χ2n) is 4.75. The maximum atomic E-state index is 12.8. The molecule has 106 valence electrons. The summed E-state index contributed by atoms with van der Waals surface area (Å²) < 4.78 is 42.9. The number of halogens is 3. The Balaban J connectivity index is 2.59. The molecule has 0 aromatic carbocycles. The highest BCUT2D eigenvalue weighted by Crippen LogP contribution is 2.34. The third kappa shape index (κ3) is 4.13. The van der Waals surface area contributed by atoms with Crippen molar-refractivity contribution in [3.05, 3.63) is 0 Å². The monoisotopic (exact) mass is 268 g/mol. The van der Waals surface area contributed by atoms with Crippen LogP contribution < -0.4 is 5.32 Å². The molecule has 0 aromatic heterocycles. The predicted molar refractivity (Wildman–Crippen MR) is 59.8 cm³/mol. The zero-order chi connectivity index (χ0) is 13.8. The van der Waals surface area contributed by atoms with E-state index < -0.39 is 18.1 Å². The van der Waals surface area contributed by atoms with Crippen molar-refractivity contribution in [1.82, 2.24) is 10.2 Å². The van der Waals surface area contributed by atoms with Crippen LogP contribution in [0.2, 0.25) is 0 Å². The lowest BCUT2D eigenvalue weighted by Crippen LogP contribution is -2.47. The molecule has 0 aliphatic carbocycles. The van der Waals surface area contributed by atoms with E-state index in [0.29, 0.717) is 13.0 Å². The molecule has 1 heterocycles. The highest BCUT2D eigenvalue weighted by molar-refractivity contribution is 5.36. The van der Waals surface area contributed by atoms with Gasteiger partial charge in [0.15, 0.2) is 0 Å². The van der Waals surface area contributed by atoms with Gasteiger partial charge in [-0.1, -0.05) is 0 Å². The van der Waals surface area contributed by atoms with Gasteiger partial charge in [-0.3, -0.25) is 9.69 Å². The molecule has 2 unspecified atom stereocenters. The van der Waals surface area contributed by atoms with Crippen molar-refractivity contribution in [3.8, 4) is 0 Å². The average Bonchev–Trinajstić information content (AvgIpc) is 2.71. The highest BCUT2D eigenvalue weighted by atomic mass is 19.4. The molecule has 1 N–H and O–H groups in total. The minimum absolute atomic E-state index is 0.0150. The summed E-state index contributed by atoms with van der Waals surface area (Å²) in [5, 5.41) is 2.87. The quantitative estimate of drug-likeness (QED) is 0.583. The summed E-state index contributed by atoms with van der Waals surface area (Å²) in [6.45, 7) is 4.62. The van der Waals surface area contributed by atoms with E-state index in [0.717, 1.165) is 0 Å². The molecule has 0 bridgehead atoms. The SMILES string of the molecule is CC(C)N(COC=O)CC1NCCC1C(F)(F)F. The number of ether oxygens (including phenoxy) is 1. The standard InChI is InChI=1S/C11H19F3N2O2/c1-8(2)16(6-18-7-17)5-10-9(3-4-15-10)11(12,13)14/h7-10,15H,3-6H2,1-2H3. The van der Waals surface area contributed by atoms with Gasteiger partial charge in [0.05, 0.1) is 5.92 Å². The Labute approximate surface area is 104 Å². The molecule has 4 nitrogen and oxygen atoms in total. The van der Waals surface area contributed by atoms with E-state index in [2.05, 4.69) is 10.1 Å². The summed E-state index contributed by atoms with van der Waals surface area (Å²) in [4.78, 5) is 11.9. The molecular formula is C11H19F3N2O2. The minimum atomic E-state index is -4.18. The van der Waals surface area contributed by atoms with Gasteiger partial charge in [-0.05, 0) is 26.8 Å². The Morgan fingerprint density at radius 3 is 2.67 bits per heavy atom. The molecule has 1 fully saturated rings. The van der Waals surface area contributed by atoms with Gasteiger partial charge < -0.3 is 10.1 Å². The van der Waals surface area contributed by atoms with Crippen LogP contribution in [0.1, 0.15) is 20.3 Å². The minimum Gasteiger partial charge on any atom is -0.452 e. The first-order valence-electron chi connectivity index (χ1n) is 5.95. The van der Waals surface area contributed by atoms with Gasteiger partial charge in [-0.25, -0.2) is 0 Å². The van der Waals surface area contributed by atoms with Gasteiger partial charge in [0.1, 0.15) is 6.73 Å². The van der Waals surface area contributed by atoms with Crippen LogP contribution in [0.5, 0.6) is 0 Å². The summed E-state index contributed by atoms with van der Waals surface area (Å²) in [6, 6.07) is -0.621. The molecule has 1 saturated heterocycles. The molecule has 7 heteroatoms. The van der Waals surface area contributed by atoms with E-state index in [1.54, 1.807) is 4.90 Å². The summed E-state index contributed by atoms with van der Waals surface area (Å²) >= 11 is 0. The zero-order valence-corrected chi connectivity index (χ0v) is 10.5. The lowest BCUT2D eigenvalue weighted by atomic mass is 9.99. The molecular weight excluding hydrogens is 249 g/mol. The smallest absolute Gasteiger partial charge is 0.393 e. The predicted octanol–water partition coefficient (Wildman–Crippen LogP) is 1.37. The summed E-state index contributed by atoms with van der Waals surface area (Å²) in [5.41, 5.74) is 0. The third-order valence-corrected chi connectivity index (χ3v) is 3.24. The van der Waals surface area contributed by atoms with Gasteiger partial charge in [0.25, 0.3) is 6.47 Å². The van der Waals surface area contributed by atoms with Gasteiger partial charge in [-0.15, -0.1) is 0 Å². The number of carbonyl (C=O) groups is 1.